The molecule has 0 spiro atoms. The minimum absolute atomic E-state index is 0.380. The van der Waals surface area contributed by atoms with Gasteiger partial charge in [0.25, 0.3) is 0 Å². The molecule has 1 heterocycles. The minimum atomic E-state index is -4.36. The van der Waals surface area contributed by atoms with Gasteiger partial charge in [0.15, 0.2) is 5.13 Å². The molecule has 0 aliphatic heterocycles. The second-order valence-electron chi connectivity index (χ2n) is 7.88. The number of carbonyl (C=O) groups excluding carboxylic acids is 1. The summed E-state index contributed by atoms with van der Waals surface area (Å²) in [7, 11) is 1.35. The molecule has 1 aromatic heterocycles. The maximum absolute atomic E-state index is 12.8. The summed E-state index contributed by atoms with van der Waals surface area (Å²) in [6.07, 6.45) is -3.39. The smallest absolute Gasteiger partial charge is 0.416 e. The molecule has 0 amide bonds. The van der Waals surface area contributed by atoms with Crippen molar-refractivity contribution in [1.82, 2.24) is 4.98 Å². The Bertz CT molecular complexity index is 1030. The Kier molecular flexibility index (Phi) is 7.56. The second kappa shape index (κ2) is 10.2. The molecule has 0 radical (unpaired) electrons. The van der Waals surface area contributed by atoms with Crippen LogP contribution in [0.3, 0.4) is 0 Å². The number of halogens is 3. The van der Waals surface area contributed by atoms with E-state index in [-0.39, 0.29) is 5.97 Å². The van der Waals surface area contributed by atoms with Crippen molar-refractivity contribution in [3.63, 3.8) is 0 Å². The number of anilines is 1. The Balaban J connectivity index is 1.80. The van der Waals surface area contributed by atoms with Crippen LogP contribution in [-0.4, -0.2) is 24.6 Å². The molecule has 0 atom stereocenters. The summed E-state index contributed by atoms with van der Waals surface area (Å²) in [5.74, 6) is 0.128. The van der Waals surface area contributed by atoms with Gasteiger partial charge in [-0.1, -0.05) is 38.1 Å². The van der Waals surface area contributed by atoms with Crippen molar-refractivity contribution < 1.29 is 22.7 Å². The van der Waals surface area contributed by atoms with E-state index >= 15 is 0 Å². The monoisotopic (exact) mass is 462 g/mol. The normalized spacial score (nSPS) is 11.6. The summed E-state index contributed by atoms with van der Waals surface area (Å²) in [5.41, 5.74) is 2.13. The third kappa shape index (κ3) is 6.09. The molecule has 0 saturated carbocycles. The average Bonchev–Trinajstić information content (AvgIpc) is 3.26. The van der Waals surface area contributed by atoms with E-state index in [2.05, 4.69) is 18.7 Å². The Hall–Kier alpha value is -2.87. The van der Waals surface area contributed by atoms with Crippen LogP contribution < -0.4 is 4.90 Å². The van der Waals surface area contributed by atoms with Gasteiger partial charge in [0.2, 0.25) is 0 Å². The fourth-order valence-electron chi connectivity index (χ4n) is 3.11. The number of rotatable bonds is 8. The first-order valence-corrected chi connectivity index (χ1v) is 11.1. The highest BCUT2D eigenvalue weighted by molar-refractivity contribution is 7.14. The first kappa shape index (κ1) is 23.8. The van der Waals surface area contributed by atoms with E-state index in [1.54, 1.807) is 12.1 Å². The van der Waals surface area contributed by atoms with Crippen LogP contribution in [0.25, 0.3) is 11.3 Å². The van der Waals surface area contributed by atoms with E-state index in [0.717, 1.165) is 35.8 Å². The molecule has 0 aliphatic rings. The fraction of sp³-hybridized carbons (Fsp3) is 0.333. The lowest BCUT2D eigenvalue weighted by molar-refractivity contribution is -0.137. The van der Waals surface area contributed by atoms with E-state index < -0.39 is 11.7 Å². The number of aromatic nitrogens is 1. The van der Waals surface area contributed by atoms with Crippen molar-refractivity contribution in [2.24, 2.45) is 5.92 Å². The minimum Gasteiger partial charge on any atom is -0.465 e. The number of alkyl halides is 3. The van der Waals surface area contributed by atoms with Gasteiger partial charge >= 0.3 is 12.1 Å². The van der Waals surface area contributed by atoms with E-state index in [1.165, 1.54) is 30.6 Å². The van der Waals surface area contributed by atoms with Crippen LogP contribution >= 0.6 is 11.3 Å². The number of thiazole rings is 1. The van der Waals surface area contributed by atoms with Crippen molar-refractivity contribution in [3.05, 3.63) is 70.6 Å². The molecule has 0 saturated heterocycles. The van der Waals surface area contributed by atoms with Crippen LogP contribution in [-0.2, 0) is 17.5 Å². The molecule has 32 heavy (non-hydrogen) atoms. The first-order chi connectivity index (χ1) is 15.2. The SMILES string of the molecule is COC(=O)c1ccc(CN(CCC(C)C)c2nc(-c3ccc(C(F)(F)F)cc3)cs2)cc1. The third-order valence-corrected chi connectivity index (χ3v) is 5.90. The Morgan fingerprint density at radius 1 is 1.09 bits per heavy atom. The summed E-state index contributed by atoms with van der Waals surface area (Å²) in [6, 6.07) is 12.3. The summed E-state index contributed by atoms with van der Waals surface area (Å²) >= 11 is 1.46. The number of carbonyl (C=O) groups is 1. The molecule has 0 unspecified atom stereocenters. The van der Waals surface area contributed by atoms with Gasteiger partial charge in [0, 0.05) is 24.0 Å². The number of benzene rings is 2. The van der Waals surface area contributed by atoms with Crippen LogP contribution in [0.5, 0.6) is 0 Å². The van der Waals surface area contributed by atoms with E-state index in [1.807, 2.05) is 17.5 Å². The maximum Gasteiger partial charge on any atom is 0.416 e. The summed E-state index contributed by atoms with van der Waals surface area (Å²) in [4.78, 5) is 18.5. The van der Waals surface area contributed by atoms with Crippen LogP contribution in [0.1, 0.15) is 41.8 Å². The highest BCUT2D eigenvalue weighted by Crippen LogP contribution is 2.33. The van der Waals surface area contributed by atoms with Gasteiger partial charge in [-0.3, -0.25) is 0 Å². The molecule has 4 nitrogen and oxygen atoms in total. The first-order valence-electron chi connectivity index (χ1n) is 10.2. The number of esters is 1. The zero-order valence-corrected chi connectivity index (χ0v) is 19.0. The van der Waals surface area contributed by atoms with Gasteiger partial charge in [-0.05, 0) is 42.2 Å². The largest absolute Gasteiger partial charge is 0.465 e. The predicted molar refractivity (Wildman–Crippen MR) is 121 cm³/mol. The lowest BCUT2D eigenvalue weighted by Crippen LogP contribution is -2.24. The second-order valence-corrected chi connectivity index (χ2v) is 8.72. The maximum atomic E-state index is 12.8. The number of ether oxygens (including phenoxy) is 1. The quantitative estimate of drug-likeness (QED) is 0.351. The van der Waals surface area contributed by atoms with Crippen molar-refractivity contribution >= 4 is 22.4 Å². The van der Waals surface area contributed by atoms with Crippen molar-refractivity contribution in [1.29, 1.82) is 0 Å². The highest BCUT2D eigenvalue weighted by Gasteiger charge is 2.30. The molecular formula is C24H25F3N2O2S. The molecule has 0 aliphatic carbocycles. The van der Waals surface area contributed by atoms with Crippen molar-refractivity contribution in [2.45, 2.75) is 33.0 Å². The van der Waals surface area contributed by atoms with Crippen molar-refractivity contribution in [2.75, 3.05) is 18.6 Å². The molecule has 0 N–H and O–H groups in total. The number of hydrogen-bond acceptors (Lipinski definition) is 5. The van der Waals surface area contributed by atoms with E-state index in [4.69, 9.17) is 9.72 Å². The van der Waals surface area contributed by atoms with Gasteiger partial charge < -0.3 is 9.64 Å². The van der Waals surface area contributed by atoms with Gasteiger partial charge in [-0.15, -0.1) is 11.3 Å². The lowest BCUT2D eigenvalue weighted by atomic mass is 10.1. The van der Waals surface area contributed by atoms with Gasteiger partial charge in [0.1, 0.15) is 0 Å². The highest BCUT2D eigenvalue weighted by atomic mass is 32.1. The topological polar surface area (TPSA) is 42.4 Å². The average molecular weight is 463 g/mol. The standard InChI is InChI=1S/C24H25F3N2O2S/c1-16(2)12-13-29(14-17-4-6-19(7-5-17)22(30)31-3)23-28-21(15-32-23)18-8-10-20(11-9-18)24(25,26)27/h4-11,15-16H,12-14H2,1-3H3. The van der Waals surface area contributed by atoms with Gasteiger partial charge in [0.05, 0.1) is 23.9 Å². The summed E-state index contributed by atoms with van der Waals surface area (Å²) in [6.45, 7) is 5.70. The molecule has 8 heteroatoms. The number of methoxy groups -OCH3 is 1. The zero-order valence-electron chi connectivity index (χ0n) is 18.1. The van der Waals surface area contributed by atoms with Crippen LogP contribution in [0.4, 0.5) is 18.3 Å². The summed E-state index contributed by atoms with van der Waals surface area (Å²) in [5, 5.41) is 2.67. The Morgan fingerprint density at radius 2 is 1.75 bits per heavy atom. The van der Waals surface area contributed by atoms with Gasteiger partial charge in [-0.25, -0.2) is 9.78 Å². The van der Waals surface area contributed by atoms with E-state index in [0.29, 0.717) is 29.3 Å². The third-order valence-electron chi connectivity index (χ3n) is 5.00. The fourth-order valence-corrected chi connectivity index (χ4v) is 3.97. The molecule has 3 aromatic rings. The number of nitrogens with zero attached hydrogens (tertiary/aromatic N) is 2. The van der Waals surface area contributed by atoms with E-state index in [9.17, 15) is 18.0 Å². The molecule has 2 aromatic carbocycles. The van der Waals surface area contributed by atoms with Crippen LogP contribution in [0, 0.1) is 5.92 Å². The summed E-state index contributed by atoms with van der Waals surface area (Å²) < 4.78 is 43.2. The lowest BCUT2D eigenvalue weighted by Gasteiger charge is -2.23. The molecular weight excluding hydrogens is 437 g/mol. The Morgan fingerprint density at radius 3 is 2.31 bits per heavy atom. The molecule has 3 rings (SSSR count). The Labute approximate surface area is 189 Å². The number of hydrogen-bond donors (Lipinski definition) is 0. The zero-order chi connectivity index (χ0) is 23.3. The van der Waals surface area contributed by atoms with Crippen molar-refractivity contribution in [3.8, 4) is 11.3 Å². The predicted octanol–water partition coefficient (Wildman–Crippen LogP) is 6.67. The molecule has 170 valence electrons. The van der Waals surface area contributed by atoms with Crippen LogP contribution in [0.15, 0.2) is 53.9 Å². The van der Waals surface area contributed by atoms with Crippen LogP contribution in [0.2, 0.25) is 0 Å². The molecule has 0 fully saturated rings. The van der Waals surface area contributed by atoms with Gasteiger partial charge in [-0.2, -0.15) is 13.2 Å². The molecule has 0 bridgehead atoms.